The molecule has 0 aliphatic rings. The van der Waals surface area contributed by atoms with Gasteiger partial charge < -0.3 is 9.64 Å². The molecule has 7 heteroatoms. The van der Waals surface area contributed by atoms with E-state index in [1.54, 1.807) is 11.6 Å². The van der Waals surface area contributed by atoms with Gasteiger partial charge in [0.25, 0.3) is 0 Å². The second-order valence-electron chi connectivity index (χ2n) is 6.07. The molecule has 2 aromatic carbocycles. The van der Waals surface area contributed by atoms with E-state index in [1.165, 1.54) is 17.0 Å². The molecule has 0 saturated heterocycles. The average molecular weight is 379 g/mol. The maximum absolute atomic E-state index is 5.22. The Morgan fingerprint density at radius 3 is 2.22 bits per heavy atom. The Balaban J connectivity index is 1.67. The van der Waals surface area contributed by atoms with Crippen LogP contribution in [0.5, 0.6) is 5.75 Å². The molecule has 4 rings (SSSR count). The molecule has 138 valence electrons. The number of benzene rings is 2. The van der Waals surface area contributed by atoms with Crippen LogP contribution < -0.4 is 9.64 Å². The SMILES string of the molecule is CCN(CC)c1ccc(-c2nn3c(-c4ccc(OC)cc4)nnc3s2)cc1. The van der Waals surface area contributed by atoms with Gasteiger partial charge in [-0.15, -0.1) is 10.2 Å². The lowest BCUT2D eigenvalue weighted by atomic mass is 10.2. The van der Waals surface area contributed by atoms with Crippen molar-refractivity contribution in [2.75, 3.05) is 25.1 Å². The first-order chi connectivity index (χ1) is 13.2. The van der Waals surface area contributed by atoms with E-state index in [1.807, 2.05) is 24.3 Å². The summed E-state index contributed by atoms with van der Waals surface area (Å²) in [5.74, 6) is 1.54. The highest BCUT2D eigenvalue weighted by Crippen LogP contribution is 2.29. The number of anilines is 1. The van der Waals surface area contributed by atoms with Crippen LogP contribution in [0.3, 0.4) is 0 Å². The Kier molecular flexibility index (Phi) is 4.77. The van der Waals surface area contributed by atoms with Crippen molar-refractivity contribution in [2.45, 2.75) is 13.8 Å². The maximum atomic E-state index is 5.22. The van der Waals surface area contributed by atoms with Gasteiger partial charge in [0.1, 0.15) is 10.8 Å². The van der Waals surface area contributed by atoms with E-state index in [0.29, 0.717) is 0 Å². The van der Waals surface area contributed by atoms with Crippen molar-refractivity contribution >= 4 is 22.0 Å². The van der Waals surface area contributed by atoms with Crippen molar-refractivity contribution in [3.05, 3.63) is 48.5 Å². The maximum Gasteiger partial charge on any atom is 0.235 e. The third-order valence-electron chi connectivity index (χ3n) is 4.58. The lowest BCUT2D eigenvalue weighted by Crippen LogP contribution is -2.21. The van der Waals surface area contributed by atoms with Gasteiger partial charge in [-0.1, -0.05) is 11.3 Å². The highest BCUT2D eigenvalue weighted by Gasteiger charge is 2.15. The van der Waals surface area contributed by atoms with Crippen LogP contribution in [-0.2, 0) is 0 Å². The fourth-order valence-corrected chi connectivity index (χ4v) is 3.90. The van der Waals surface area contributed by atoms with Crippen LogP contribution in [0.1, 0.15) is 13.8 Å². The molecule has 27 heavy (non-hydrogen) atoms. The van der Waals surface area contributed by atoms with Crippen LogP contribution in [0.4, 0.5) is 5.69 Å². The Labute approximate surface area is 162 Å². The predicted octanol–water partition coefficient (Wildman–Crippen LogP) is 4.37. The first-order valence-electron chi connectivity index (χ1n) is 8.95. The summed E-state index contributed by atoms with van der Waals surface area (Å²) in [6.07, 6.45) is 0. The molecule has 0 spiro atoms. The summed E-state index contributed by atoms with van der Waals surface area (Å²) in [5.41, 5.74) is 3.27. The molecule has 0 aliphatic carbocycles. The fraction of sp³-hybridized carbons (Fsp3) is 0.250. The normalized spacial score (nSPS) is 11.1. The van der Waals surface area contributed by atoms with E-state index in [4.69, 9.17) is 9.84 Å². The average Bonchev–Trinajstić information content (AvgIpc) is 3.30. The summed E-state index contributed by atoms with van der Waals surface area (Å²) in [7, 11) is 1.66. The number of aromatic nitrogens is 4. The second-order valence-corrected chi connectivity index (χ2v) is 7.03. The molecule has 0 saturated carbocycles. The van der Waals surface area contributed by atoms with Crippen LogP contribution >= 0.6 is 11.3 Å². The highest BCUT2D eigenvalue weighted by molar-refractivity contribution is 7.19. The van der Waals surface area contributed by atoms with Gasteiger partial charge in [-0.3, -0.25) is 0 Å². The minimum atomic E-state index is 0.731. The number of hydrogen-bond acceptors (Lipinski definition) is 6. The van der Waals surface area contributed by atoms with Gasteiger partial charge in [-0.05, 0) is 62.4 Å². The number of hydrogen-bond donors (Lipinski definition) is 0. The molecular weight excluding hydrogens is 358 g/mol. The van der Waals surface area contributed by atoms with E-state index < -0.39 is 0 Å². The molecule has 0 unspecified atom stereocenters. The second kappa shape index (κ2) is 7.36. The Bertz CT molecular complexity index is 1030. The van der Waals surface area contributed by atoms with Gasteiger partial charge >= 0.3 is 0 Å². The largest absolute Gasteiger partial charge is 0.497 e. The number of rotatable bonds is 6. The van der Waals surface area contributed by atoms with Crippen LogP contribution in [0.2, 0.25) is 0 Å². The number of methoxy groups -OCH3 is 1. The predicted molar refractivity (Wildman–Crippen MR) is 110 cm³/mol. The van der Waals surface area contributed by atoms with Crippen molar-refractivity contribution in [3.63, 3.8) is 0 Å². The van der Waals surface area contributed by atoms with Gasteiger partial charge in [0.05, 0.1) is 7.11 Å². The first kappa shape index (κ1) is 17.5. The third kappa shape index (κ3) is 3.26. The van der Waals surface area contributed by atoms with E-state index in [-0.39, 0.29) is 0 Å². The molecule has 0 N–H and O–H groups in total. The molecule has 0 aliphatic heterocycles. The molecule has 0 atom stereocenters. The zero-order valence-corrected chi connectivity index (χ0v) is 16.4. The van der Waals surface area contributed by atoms with E-state index in [2.05, 4.69) is 53.2 Å². The lowest BCUT2D eigenvalue weighted by molar-refractivity contribution is 0.415. The third-order valence-corrected chi connectivity index (χ3v) is 5.53. The number of fused-ring (bicyclic) bond motifs is 1. The van der Waals surface area contributed by atoms with Gasteiger partial charge in [0.2, 0.25) is 4.96 Å². The molecule has 0 bridgehead atoms. The first-order valence-corrected chi connectivity index (χ1v) is 9.77. The van der Waals surface area contributed by atoms with Crippen molar-refractivity contribution in [1.82, 2.24) is 19.8 Å². The van der Waals surface area contributed by atoms with E-state index >= 15 is 0 Å². The van der Waals surface area contributed by atoms with Crippen molar-refractivity contribution in [1.29, 1.82) is 0 Å². The van der Waals surface area contributed by atoms with Crippen molar-refractivity contribution < 1.29 is 4.74 Å². The molecular formula is C20H21N5OS. The Morgan fingerprint density at radius 1 is 0.926 bits per heavy atom. The Morgan fingerprint density at radius 2 is 1.59 bits per heavy atom. The van der Waals surface area contributed by atoms with Crippen molar-refractivity contribution in [3.8, 4) is 27.7 Å². The quantitative estimate of drug-likeness (QED) is 0.498. The lowest BCUT2D eigenvalue weighted by Gasteiger charge is -2.20. The molecule has 6 nitrogen and oxygen atoms in total. The van der Waals surface area contributed by atoms with Gasteiger partial charge in [0.15, 0.2) is 5.82 Å². The monoisotopic (exact) mass is 379 g/mol. The van der Waals surface area contributed by atoms with E-state index in [0.717, 1.165) is 45.8 Å². The minimum absolute atomic E-state index is 0.731. The summed E-state index contributed by atoms with van der Waals surface area (Å²) in [5, 5.41) is 14.2. The zero-order valence-electron chi connectivity index (χ0n) is 15.6. The minimum Gasteiger partial charge on any atom is -0.497 e. The fourth-order valence-electron chi connectivity index (χ4n) is 3.06. The van der Waals surface area contributed by atoms with Gasteiger partial charge in [-0.25, -0.2) is 0 Å². The number of ether oxygens (including phenoxy) is 1. The zero-order chi connectivity index (χ0) is 18.8. The van der Waals surface area contributed by atoms with Gasteiger partial charge in [-0.2, -0.15) is 9.61 Å². The smallest absolute Gasteiger partial charge is 0.235 e. The van der Waals surface area contributed by atoms with Crippen molar-refractivity contribution in [2.24, 2.45) is 0 Å². The van der Waals surface area contributed by atoms with Crippen LogP contribution in [-0.4, -0.2) is 40.0 Å². The van der Waals surface area contributed by atoms with E-state index in [9.17, 15) is 0 Å². The molecule has 2 aromatic heterocycles. The summed E-state index contributed by atoms with van der Waals surface area (Å²) in [6, 6.07) is 16.3. The summed E-state index contributed by atoms with van der Waals surface area (Å²) in [6.45, 7) is 6.33. The topological polar surface area (TPSA) is 55.6 Å². The molecule has 0 radical (unpaired) electrons. The van der Waals surface area contributed by atoms with Crippen LogP contribution in [0.25, 0.3) is 26.9 Å². The highest BCUT2D eigenvalue weighted by atomic mass is 32.1. The standard InChI is InChI=1S/C20H21N5OS/c1-4-24(5-2)16-10-6-15(7-11-16)19-23-25-18(21-22-20(25)27-19)14-8-12-17(26-3)13-9-14/h6-13H,4-5H2,1-3H3. The molecule has 0 fully saturated rings. The number of nitrogens with zero attached hydrogens (tertiary/aromatic N) is 5. The molecule has 2 heterocycles. The molecule has 0 amide bonds. The van der Waals surface area contributed by atoms with Crippen LogP contribution in [0, 0.1) is 0 Å². The molecule has 4 aromatic rings. The Hall–Kier alpha value is -2.93. The van der Waals surface area contributed by atoms with Gasteiger partial charge in [0, 0.05) is 29.9 Å². The summed E-state index contributed by atoms with van der Waals surface area (Å²) < 4.78 is 7.02. The summed E-state index contributed by atoms with van der Waals surface area (Å²) >= 11 is 1.54. The summed E-state index contributed by atoms with van der Waals surface area (Å²) in [4.78, 5) is 3.10. The van der Waals surface area contributed by atoms with Crippen LogP contribution in [0.15, 0.2) is 48.5 Å².